The third-order valence-corrected chi connectivity index (χ3v) is 2.19. The Bertz CT molecular complexity index is 361. The van der Waals surface area contributed by atoms with Gasteiger partial charge in [-0.2, -0.15) is 0 Å². The minimum absolute atomic E-state index is 0.0110. The molecule has 0 saturated carbocycles. The van der Waals surface area contributed by atoms with E-state index in [0.717, 1.165) is 0 Å². The number of carbonyl (C=O) groups excluding carboxylic acids is 1. The van der Waals surface area contributed by atoms with Crippen molar-refractivity contribution in [2.24, 2.45) is 0 Å². The summed E-state index contributed by atoms with van der Waals surface area (Å²) in [5.74, 6) is 1.32. The van der Waals surface area contributed by atoms with Crippen molar-refractivity contribution in [3.05, 3.63) is 23.8 Å². The molecule has 0 aliphatic rings. The molecule has 1 atom stereocenters. The molecule has 15 heavy (non-hydrogen) atoms. The molecule has 0 bridgehead atoms. The Balaban J connectivity index is 3.08. The highest BCUT2D eigenvalue weighted by atomic mass is 16.5. The molecule has 0 aliphatic carbocycles. The van der Waals surface area contributed by atoms with Crippen LogP contribution in [0.25, 0.3) is 0 Å². The van der Waals surface area contributed by atoms with E-state index in [0.29, 0.717) is 17.1 Å². The molecular weight excluding hydrogens is 191 g/mol. The van der Waals surface area contributed by atoms with Crippen molar-refractivity contribution < 1.29 is 14.3 Å². The van der Waals surface area contributed by atoms with E-state index in [-0.39, 0.29) is 11.6 Å². The summed E-state index contributed by atoms with van der Waals surface area (Å²) >= 11 is 0. The third-order valence-electron chi connectivity index (χ3n) is 2.19. The second kappa shape index (κ2) is 4.87. The van der Waals surface area contributed by atoms with Gasteiger partial charge in [0, 0.05) is 5.56 Å². The Labute approximate surface area is 90.8 Å². The highest BCUT2D eigenvalue weighted by molar-refractivity contribution is 6.27. The van der Waals surface area contributed by atoms with Crippen molar-refractivity contribution in [1.29, 1.82) is 0 Å². The Hall–Kier alpha value is -1.45. The molecule has 0 amide bonds. The maximum Gasteiger partial charge on any atom is 0.161 e. The van der Waals surface area contributed by atoms with Crippen LogP contribution in [0.5, 0.6) is 11.5 Å². The van der Waals surface area contributed by atoms with Gasteiger partial charge in [-0.1, -0.05) is 6.92 Å². The molecule has 0 saturated heterocycles. The lowest BCUT2D eigenvalue weighted by atomic mass is 9.83. The number of Topliss-reactive ketones (excluding diaryl/α,β-unsaturated/α-hetero) is 1. The molecule has 80 valence electrons. The van der Waals surface area contributed by atoms with Crippen LogP contribution in [-0.2, 0) is 0 Å². The molecule has 0 heterocycles. The van der Waals surface area contributed by atoms with Gasteiger partial charge in [-0.25, -0.2) is 0 Å². The van der Waals surface area contributed by atoms with Gasteiger partial charge >= 0.3 is 0 Å². The first-order chi connectivity index (χ1) is 7.10. The fourth-order valence-electron chi connectivity index (χ4n) is 1.32. The molecule has 1 aromatic carbocycles. The maximum atomic E-state index is 11.7. The molecule has 0 aliphatic heterocycles. The zero-order valence-electron chi connectivity index (χ0n) is 9.53. The van der Waals surface area contributed by atoms with Crippen molar-refractivity contribution in [2.45, 2.75) is 12.7 Å². The van der Waals surface area contributed by atoms with Crippen LogP contribution in [0.15, 0.2) is 18.2 Å². The van der Waals surface area contributed by atoms with Gasteiger partial charge < -0.3 is 9.47 Å². The molecule has 1 aromatic rings. The lowest BCUT2D eigenvalue weighted by Crippen LogP contribution is -2.06. The summed E-state index contributed by atoms with van der Waals surface area (Å²) in [5, 5.41) is 0. The quantitative estimate of drug-likeness (QED) is 0.550. The van der Waals surface area contributed by atoms with E-state index in [4.69, 9.17) is 9.47 Å². The van der Waals surface area contributed by atoms with Crippen LogP contribution in [0.2, 0.25) is 5.82 Å². The number of carbonyl (C=O) groups is 1. The molecule has 0 spiro atoms. The highest BCUT2D eigenvalue weighted by Gasteiger charge is 2.13. The van der Waals surface area contributed by atoms with Gasteiger partial charge in [-0.15, -0.1) is 0 Å². The average molecular weight is 206 g/mol. The van der Waals surface area contributed by atoms with Gasteiger partial charge in [0.25, 0.3) is 0 Å². The second-order valence-corrected chi connectivity index (χ2v) is 3.59. The fourth-order valence-corrected chi connectivity index (χ4v) is 1.32. The van der Waals surface area contributed by atoms with E-state index in [2.05, 4.69) is 0 Å². The smallest absolute Gasteiger partial charge is 0.161 e. The Kier molecular flexibility index (Phi) is 3.77. The first kappa shape index (κ1) is 11.6. The average Bonchev–Trinajstić information content (AvgIpc) is 2.26. The minimum atomic E-state index is -0.0110. The minimum Gasteiger partial charge on any atom is -0.493 e. The number of hydrogen-bond donors (Lipinski definition) is 0. The summed E-state index contributed by atoms with van der Waals surface area (Å²) in [6, 6.07) is 5.21. The predicted octanol–water partition coefficient (Wildman–Crippen LogP) is 1.33. The predicted molar refractivity (Wildman–Crippen MR) is 61.8 cm³/mol. The first-order valence-corrected chi connectivity index (χ1v) is 4.86. The van der Waals surface area contributed by atoms with Crippen LogP contribution in [0, 0.1) is 0 Å². The topological polar surface area (TPSA) is 35.5 Å². The van der Waals surface area contributed by atoms with Crippen LogP contribution in [0.3, 0.4) is 0 Å². The molecule has 0 aromatic heterocycles. The number of methoxy groups -OCH3 is 2. The Morgan fingerprint density at radius 1 is 1.27 bits per heavy atom. The largest absolute Gasteiger partial charge is 0.493 e. The van der Waals surface area contributed by atoms with Crippen molar-refractivity contribution in [3.63, 3.8) is 0 Å². The molecule has 1 rings (SSSR count). The van der Waals surface area contributed by atoms with Gasteiger partial charge in [0.05, 0.1) is 14.2 Å². The summed E-state index contributed by atoms with van der Waals surface area (Å²) in [6.07, 6.45) is 0. The Morgan fingerprint density at radius 3 is 2.33 bits per heavy atom. The number of rotatable bonds is 4. The van der Waals surface area contributed by atoms with Crippen LogP contribution in [0.4, 0.5) is 0 Å². The monoisotopic (exact) mass is 206 g/mol. The molecule has 3 nitrogen and oxygen atoms in total. The summed E-state index contributed by atoms with van der Waals surface area (Å²) in [5.41, 5.74) is 0.655. The fraction of sp³-hybridized carbons (Fsp3) is 0.364. The summed E-state index contributed by atoms with van der Waals surface area (Å²) < 4.78 is 10.2. The SMILES string of the molecule is BC(C)C(=O)c1ccc(OC)c(OC)c1. The maximum absolute atomic E-state index is 11.7. The van der Waals surface area contributed by atoms with Crippen molar-refractivity contribution >= 4 is 13.6 Å². The molecule has 0 radical (unpaired) electrons. The van der Waals surface area contributed by atoms with E-state index in [1.165, 1.54) is 0 Å². The van der Waals surface area contributed by atoms with Crippen LogP contribution >= 0.6 is 0 Å². The number of ether oxygens (including phenoxy) is 2. The van der Waals surface area contributed by atoms with E-state index >= 15 is 0 Å². The molecule has 1 unspecified atom stereocenters. The molecule has 0 N–H and O–H groups in total. The van der Waals surface area contributed by atoms with Crippen LogP contribution in [-0.4, -0.2) is 27.8 Å². The first-order valence-electron chi connectivity index (χ1n) is 4.86. The zero-order chi connectivity index (χ0) is 11.4. The van der Waals surface area contributed by atoms with Crippen LogP contribution in [0.1, 0.15) is 17.3 Å². The van der Waals surface area contributed by atoms with E-state index < -0.39 is 0 Å². The van der Waals surface area contributed by atoms with E-state index in [1.54, 1.807) is 32.4 Å². The third kappa shape index (κ3) is 2.52. The van der Waals surface area contributed by atoms with Gasteiger partial charge in [0.1, 0.15) is 7.85 Å². The highest BCUT2D eigenvalue weighted by Crippen LogP contribution is 2.28. The van der Waals surface area contributed by atoms with Crippen LogP contribution < -0.4 is 9.47 Å². The standard InChI is InChI=1S/C11H15BO3/c1-7(12)11(13)8-4-5-9(14-2)10(6-8)15-3/h4-7H,12H2,1-3H3. The van der Waals surface area contributed by atoms with Crippen molar-refractivity contribution in [3.8, 4) is 11.5 Å². The van der Waals surface area contributed by atoms with Gasteiger partial charge in [-0.3, -0.25) is 4.79 Å². The molecule has 4 heteroatoms. The van der Waals surface area contributed by atoms with E-state index in [1.807, 2.05) is 14.8 Å². The van der Waals surface area contributed by atoms with Crippen molar-refractivity contribution in [2.75, 3.05) is 14.2 Å². The molecule has 0 fully saturated rings. The number of hydrogen-bond acceptors (Lipinski definition) is 3. The van der Waals surface area contributed by atoms with Crippen molar-refractivity contribution in [1.82, 2.24) is 0 Å². The number of ketones is 1. The second-order valence-electron chi connectivity index (χ2n) is 3.59. The zero-order valence-corrected chi connectivity index (χ0v) is 9.53. The lowest BCUT2D eigenvalue weighted by molar-refractivity contribution is 0.0988. The van der Waals surface area contributed by atoms with Gasteiger partial charge in [0.2, 0.25) is 0 Å². The lowest BCUT2D eigenvalue weighted by Gasteiger charge is -2.10. The normalized spacial score (nSPS) is 11.9. The van der Waals surface area contributed by atoms with E-state index in [9.17, 15) is 4.79 Å². The summed E-state index contributed by atoms with van der Waals surface area (Å²) in [7, 11) is 5.00. The molecular formula is C11H15BO3. The summed E-state index contributed by atoms with van der Waals surface area (Å²) in [4.78, 5) is 11.7. The Morgan fingerprint density at radius 2 is 1.87 bits per heavy atom. The van der Waals surface area contributed by atoms with Gasteiger partial charge in [-0.05, 0) is 24.0 Å². The van der Waals surface area contributed by atoms with Gasteiger partial charge in [0.15, 0.2) is 17.3 Å². The summed E-state index contributed by atoms with van der Waals surface area (Å²) in [6.45, 7) is 1.87. The number of benzene rings is 1.